The minimum Gasteiger partial charge on any atom is -0.339 e. The number of nitrogens with one attached hydrogen (secondary N) is 2. The third-order valence-electron chi connectivity index (χ3n) is 3.82. The standard InChI is InChI=1S/C21H19FN4O2S/c1-26(2)21(28)29-17-10-8-15(9-11-17)25-20(27)18-7-4-12-23-19(18)24-16-6-3-5-14(22)13-16/h3-13H,1-2H3,(H,23,24)(H,25,27). The number of anilines is 3. The number of thioether (sulfide) groups is 1. The van der Waals surface area contributed by atoms with Gasteiger partial charge in [-0.25, -0.2) is 9.37 Å². The van der Waals surface area contributed by atoms with Crippen molar-refractivity contribution in [3.8, 4) is 0 Å². The highest BCUT2D eigenvalue weighted by Crippen LogP contribution is 2.24. The number of aromatic nitrogens is 1. The molecule has 0 aliphatic carbocycles. The van der Waals surface area contributed by atoms with Crippen LogP contribution in [0.4, 0.5) is 26.4 Å². The lowest BCUT2D eigenvalue weighted by Crippen LogP contribution is -2.16. The first-order valence-electron chi connectivity index (χ1n) is 8.70. The molecular weight excluding hydrogens is 391 g/mol. The van der Waals surface area contributed by atoms with Gasteiger partial charge in [0.05, 0.1) is 5.56 Å². The number of benzene rings is 2. The Morgan fingerprint density at radius 3 is 2.45 bits per heavy atom. The summed E-state index contributed by atoms with van der Waals surface area (Å²) in [5, 5.41) is 5.69. The molecule has 3 aromatic rings. The Bertz CT molecular complexity index is 1030. The van der Waals surface area contributed by atoms with Crippen LogP contribution in [0, 0.1) is 5.82 Å². The summed E-state index contributed by atoms with van der Waals surface area (Å²) in [5.74, 6) is -0.427. The van der Waals surface area contributed by atoms with E-state index in [-0.39, 0.29) is 17.0 Å². The fraction of sp³-hybridized carbons (Fsp3) is 0.0952. The summed E-state index contributed by atoms with van der Waals surface area (Å²) in [6.45, 7) is 0. The molecule has 0 fully saturated rings. The van der Waals surface area contributed by atoms with Crippen LogP contribution in [0.2, 0.25) is 0 Å². The zero-order valence-corrected chi connectivity index (χ0v) is 16.7. The summed E-state index contributed by atoms with van der Waals surface area (Å²) in [6.07, 6.45) is 1.55. The summed E-state index contributed by atoms with van der Waals surface area (Å²) in [6, 6.07) is 16.2. The molecule has 0 aliphatic rings. The van der Waals surface area contributed by atoms with Crippen LogP contribution in [0.3, 0.4) is 0 Å². The van der Waals surface area contributed by atoms with Crippen molar-refractivity contribution >= 4 is 40.1 Å². The molecule has 0 saturated heterocycles. The Morgan fingerprint density at radius 1 is 1.00 bits per heavy atom. The molecule has 0 bridgehead atoms. The van der Waals surface area contributed by atoms with Crippen LogP contribution in [0.1, 0.15) is 10.4 Å². The van der Waals surface area contributed by atoms with Gasteiger partial charge in [-0.05, 0) is 66.4 Å². The maximum Gasteiger partial charge on any atom is 0.285 e. The molecule has 2 aromatic carbocycles. The first-order valence-corrected chi connectivity index (χ1v) is 9.52. The van der Waals surface area contributed by atoms with Gasteiger partial charge in [0.1, 0.15) is 11.6 Å². The third-order valence-corrected chi connectivity index (χ3v) is 4.87. The summed E-state index contributed by atoms with van der Waals surface area (Å²) in [7, 11) is 3.38. The Morgan fingerprint density at radius 2 is 1.76 bits per heavy atom. The van der Waals surface area contributed by atoms with Gasteiger partial charge in [-0.15, -0.1) is 0 Å². The lowest BCUT2D eigenvalue weighted by atomic mass is 10.2. The fourth-order valence-electron chi connectivity index (χ4n) is 2.39. The molecule has 2 amide bonds. The van der Waals surface area contributed by atoms with Gasteiger partial charge in [0.15, 0.2) is 0 Å². The van der Waals surface area contributed by atoms with E-state index in [2.05, 4.69) is 15.6 Å². The van der Waals surface area contributed by atoms with E-state index in [0.29, 0.717) is 22.8 Å². The molecule has 2 N–H and O–H groups in total. The second-order valence-electron chi connectivity index (χ2n) is 6.28. The van der Waals surface area contributed by atoms with E-state index in [1.165, 1.54) is 17.0 Å². The van der Waals surface area contributed by atoms with Gasteiger partial charge in [0, 0.05) is 36.6 Å². The summed E-state index contributed by atoms with van der Waals surface area (Å²) in [5.41, 5.74) is 1.39. The highest BCUT2D eigenvalue weighted by atomic mass is 32.2. The molecular formula is C21H19FN4O2S. The summed E-state index contributed by atoms with van der Waals surface area (Å²) < 4.78 is 13.4. The number of nitrogens with zero attached hydrogens (tertiary/aromatic N) is 2. The van der Waals surface area contributed by atoms with Crippen molar-refractivity contribution in [3.63, 3.8) is 0 Å². The van der Waals surface area contributed by atoms with Crippen molar-refractivity contribution in [1.82, 2.24) is 9.88 Å². The van der Waals surface area contributed by atoms with Crippen LogP contribution >= 0.6 is 11.8 Å². The van der Waals surface area contributed by atoms with E-state index in [1.807, 2.05) is 0 Å². The molecule has 6 nitrogen and oxygen atoms in total. The van der Waals surface area contributed by atoms with Gasteiger partial charge in [0.2, 0.25) is 0 Å². The van der Waals surface area contributed by atoms with Crippen molar-refractivity contribution in [2.75, 3.05) is 24.7 Å². The van der Waals surface area contributed by atoms with Crippen molar-refractivity contribution in [1.29, 1.82) is 0 Å². The fourth-order valence-corrected chi connectivity index (χ4v) is 3.04. The molecule has 0 spiro atoms. The average molecular weight is 410 g/mol. The van der Waals surface area contributed by atoms with Crippen LogP contribution in [-0.4, -0.2) is 35.1 Å². The second kappa shape index (κ2) is 9.20. The molecule has 148 valence electrons. The van der Waals surface area contributed by atoms with Gasteiger partial charge in [-0.2, -0.15) is 0 Å². The number of pyridine rings is 1. The lowest BCUT2D eigenvalue weighted by Gasteiger charge is -2.12. The quantitative estimate of drug-likeness (QED) is 0.580. The highest BCUT2D eigenvalue weighted by Gasteiger charge is 2.13. The number of amides is 2. The molecule has 0 unspecified atom stereocenters. The monoisotopic (exact) mass is 410 g/mol. The largest absolute Gasteiger partial charge is 0.339 e. The smallest absolute Gasteiger partial charge is 0.285 e. The van der Waals surface area contributed by atoms with E-state index in [1.54, 1.807) is 68.8 Å². The van der Waals surface area contributed by atoms with Crippen LogP contribution in [0.5, 0.6) is 0 Å². The zero-order chi connectivity index (χ0) is 20.8. The van der Waals surface area contributed by atoms with Crippen molar-refractivity contribution in [2.45, 2.75) is 4.90 Å². The van der Waals surface area contributed by atoms with Crippen molar-refractivity contribution in [3.05, 3.63) is 78.2 Å². The molecule has 8 heteroatoms. The predicted octanol–water partition coefficient (Wildman–Crippen LogP) is 4.99. The van der Waals surface area contributed by atoms with Gasteiger partial charge in [0.25, 0.3) is 11.1 Å². The third kappa shape index (κ3) is 5.55. The molecule has 0 radical (unpaired) electrons. The van der Waals surface area contributed by atoms with Gasteiger partial charge >= 0.3 is 0 Å². The normalized spacial score (nSPS) is 10.3. The maximum absolute atomic E-state index is 13.4. The van der Waals surface area contributed by atoms with Gasteiger partial charge in [-0.1, -0.05) is 6.07 Å². The van der Waals surface area contributed by atoms with Crippen LogP contribution in [0.15, 0.2) is 71.8 Å². The van der Waals surface area contributed by atoms with Gasteiger partial charge < -0.3 is 15.5 Å². The van der Waals surface area contributed by atoms with E-state index in [0.717, 1.165) is 16.7 Å². The molecule has 1 heterocycles. The number of carbonyl (C=O) groups excluding carboxylic acids is 2. The number of hydrogen-bond donors (Lipinski definition) is 2. The molecule has 0 saturated carbocycles. The molecule has 29 heavy (non-hydrogen) atoms. The molecule has 3 rings (SSSR count). The zero-order valence-electron chi connectivity index (χ0n) is 15.8. The maximum atomic E-state index is 13.4. The van der Waals surface area contributed by atoms with Crippen LogP contribution in [0.25, 0.3) is 0 Å². The second-order valence-corrected chi connectivity index (χ2v) is 7.30. The Balaban J connectivity index is 1.72. The number of carbonyl (C=O) groups is 2. The van der Waals surface area contributed by atoms with Crippen LogP contribution in [-0.2, 0) is 0 Å². The first kappa shape index (κ1) is 20.3. The number of rotatable bonds is 5. The predicted molar refractivity (Wildman–Crippen MR) is 113 cm³/mol. The minimum absolute atomic E-state index is 0.0785. The van der Waals surface area contributed by atoms with E-state index in [9.17, 15) is 14.0 Å². The van der Waals surface area contributed by atoms with E-state index < -0.39 is 0 Å². The van der Waals surface area contributed by atoms with Crippen LogP contribution < -0.4 is 10.6 Å². The Labute approximate surface area is 172 Å². The lowest BCUT2D eigenvalue weighted by molar-refractivity contribution is 0.102. The molecule has 1 aromatic heterocycles. The molecule has 0 atom stereocenters. The van der Waals surface area contributed by atoms with E-state index >= 15 is 0 Å². The minimum atomic E-state index is -0.386. The number of hydrogen-bond acceptors (Lipinski definition) is 5. The highest BCUT2D eigenvalue weighted by molar-refractivity contribution is 8.13. The number of halogens is 1. The Hall–Kier alpha value is -3.39. The average Bonchev–Trinajstić information content (AvgIpc) is 2.70. The summed E-state index contributed by atoms with van der Waals surface area (Å²) in [4.78, 5) is 30.9. The van der Waals surface area contributed by atoms with Gasteiger partial charge in [-0.3, -0.25) is 9.59 Å². The van der Waals surface area contributed by atoms with Crippen molar-refractivity contribution < 1.29 is 14.0 Å². The summed E-state index contributed by atoms with van der Waals surface area (Å²) >= 11 is 1.10. The molecule has 0 aliphatic heterocycles. The van der Waals surface area contributed by atoms with E-state index in [4.69, 9.17) is 0 Å². The SMILES string of the molecule is CN(C)C(=O)Sc1ccc(NC(=O)c2cccnc2Nc2cccc(F)c2)cc1. The first-order chi connectivity index (χ1) is 13.9. The topological polar surface area (TPSA) is 74.3 Å². The Kier molecular flexibility index (Phi) is 6.46. The van der Waals surface area contributed by atoms with Crippen molar-refractivity contribution in [2.24, 2.45) is 0 Å².